The van der Waals surface area contributed by atoms with Gasteiger partial charge in [-0.15, -0.1) is 11.8 Å². The summed E-state index contributed by atoms with van der Waals surface area (Å²) in [6.07, 6.45) is -7.80. The highest BCUT2D eigenvalue weighted by Crippen LogP contribution is 2.62. The van der Waals surface area contributed by atoms with Crippen molar-refractivity contribution in [3.05, 3.63) is 0 Å². The lowest BCUT2D eigenvalue weighted by molar-refractivity contribution is -0.450. The van der Waals surface area contributed by atoms with Crippen molar-refractivity contribution in [1.29, 1.82) is 0 Å². The highest BCUT2D eigenvalue weighted by Gasteiger charge is 2.94. The van der Waals surface area contributed by atoms with Crippen LogP contribution >= 0.6 is 11.8 Å². The second-order valence-corrected chi connectivity index (χ2v) is 7.06. The van der Waals surface area contributed by atoms with E-state index in [0.29, 0.717) is 11.8 Å². The molecule has 1 fully saturated rings. The van der Waals surface area contributed by atoms with E-state index in [2.05, 4.69) is 4.74 Å². The minimum atomic E-state index is -8.42. The number of hydrogen-bond donors (Lipinski definition) is 0. The predicted octanol–water partition coefficient (Wildman–Crippen LogP) is 5.76. The minimum Gasteiger partial charge on any atom is -0.447 e. The summed E-state index contributed by atoms with van der Waals surface area (Å²) >= 11 is 0.520. The lowest BCUT2D eigenvalue weighted by Gasteiger charge is -2.40. The third kappa shape index (κ3) is 3.65. The molecule has 30 heavy (non-hydrogen) atoms. The molecule has 0 radical (unpaired) electrons. The monoisotopic (exact) mass is 500 g/mol. The molecule has 0 aromatic rings. The zero-order valence-electron chi connectivity index (χ0n) is 13.6. The SMILES string of the molecule is O=C(OC1CCCS1)C(F)(F)C(F)(F)C(F)(F)C(F)(F)C(F)(F)C(F)(F)C(F)(F)F. The smallest absolute Gasteiger partial charge is 0.447 e. The Kier molecular flexibility index (Phi) is 6.63. The van der Waals surface area contributed by atoms with Gasteiger partial charge >= 0.3 is 47.7 Å². The third-order valence-corrected chi connectivity index (χ3v) is 4.94. The summed E-state index contributed by atoms with van der Waals surface area (Å²) in [5.41, 5.74) is -1.63. The number of carbonyl (C=O) groups is 1. The van der Waals surface area contributed by atoms with E-state index in [1.54, 1.807) is 0 Å². The number of thioether (sulfide) groups is 1. The number of halogens is 15. The van der Waals surface area contributed by atoms with Crippen LogP contribution in [0.1, 0.15) is 12.8 Å². The molecule has 0 bridgehead atoms. The lowest BCUT2D eigenvalue weighted by atomic mass is 9.91. The van der Waals surface area contributed by atoms with Crippen LogP contribution in [0.3, 0.4) is 0 Å². The Hall–Kier alpha value is -1.23. The van der Waals surface area contributed by atoms with Gasteiger partial charge in [-0.05, 0) is 18.6 Å². The molecule has 178 valence electrons. The van der Waals surface area contributed by atoms with Gasteiger partial charge in [-0.25, -0.2) is 4.79 Å². The van der Waals surface area contributed by atoms with Crippen LogP contribution in [0.5, 0.6) is 0 Å². The Morgan fingerprint density at radius 3 is 1.43 bits per heavy atom. The molecule has 0 aromatic carbocycles. The van der Waals surface area contributed by atoms with Crippen molar-refractivity contribution in [3.8, 4) is 0 Å². The zero-order chi connectivity index (χ0) is 24.2. The van der Waals surface area contributed by atoms with E-state index in [-0.39, 0.29) is 18.6 Å². The van der Waals surface area contributed by atoms with Gasteiger partial charge in [0.2, 0.25) is 0 Å². The first-order valence-electron chi connectivity index (χ1n) is 7.16. The van der Waals surface area contributed by atoms with Crippen molar-refractivity contribution in [2.45, 2.75) is 60.0 Å². The molecule has 0 aliphatic carbocycles. The van der Waals surface area contributed by atoms with Crippen molar-refractivity contribution < 1.29 is 75.4 Å². The van der Waals surface area contributed by atoms with E-state index in [1.165, 1.54) is 0 Å². The fourth-order valence-electron chi connectivity index (χ4n) is 1.93. The van der Waals surface area contributed by atoms with Gasteiger partial charge in [0, 0.05) is 0 Å². The van der Waals surface area contributed by atoms with Crippen LogP contribution in [0, 0.1) is 0 Å². The molecule has 1 aliphatic heterocycles. The van der Waals surface area contributed by atoms with E-state index in [1.807, 2.05) is 0 Å². The van der Waals surface area contributed by atoms with Crippen LogP contribution in [0.4, 0.5) is 65.9 Å². The Bertz CT molecular complexity index is 650. The third-order valence-electron chi connectivity index (χ3n) is 3.71. The van der Waals surface area contributed by atoms with Gasteiger partial charge in [-0.3, -0.25) is 0 Å². The van der Waals surface area contributed by atoms with E-state index in [0.717, 1.165) is 0 Å². The summed E-state index contributed by atoms with van der Waals surface area (Å²) in [5, 5.41) is 0. The molecule has 18 heteroatoms. The number of carbonyl (C=O) groups excluding carboxylic acids is 1. The molecule has 1 heterocycles. The molecule has 0 spiro atoms. The summed E-state index contributed by atoms with van der Waals surface area (Å²) in [5.74, 6) is -51.5. The zero-order valence-corrected chi connectivity index (χ0v) is 14.4. The molecule has 1 unspecified atom stereocenters. The second-order valence-electron chi connectivity index (χ2n) is 5.79. The summed E-state index contributed by atoms with van der Waals surface area (Å²) in [7, 11) is 0. The first kappa shape index (κ1) is 26.8. The molecule has 1 atom stereocenters. The predicted molar refractivity (Wildman–Crippen MR) is 67.3 cm³/mol. The van der Waals surface area contributed by atoms with Crippen molar-refractivity contribution in [3.63, 3.8) is 0 Å². The maximum absolute atomic E-state index is 13.5. The fraction of sp³-hybridized carbons (Fsp3) is 0.917. The quantitative estimate of drug-likeness (QED) is 0.329. The highest BCUT2D eigenvalue weighted by atomic mass is 32.2. The van der Waals surface area contributed by atoms with Crippen molar-refractivity contribution in [2.75, 3.05) is 5.75 Å². The molecular formula is C12H7F15O2S. The van der Waals surface area contributed by atoms with Gasteiger partial charge in [0.1, 0.15) is 5.44 Å². The van der Waals surface area contributed by atoms with Crippen LogP contribution in [-0.2, 0) is 9.53 Å². The summed E-state index contributed by atoms with van der Waals surface area (Å²) in [4.78, 5) is 11.1. The van der Waals surface area contributed by atoms with E-state index >= 15 is 0 Å². The Labute approximate surface area is 160 Å². The standard InChI is InChI=1S/C12H7F15O2S/c13-6(14,5(28)29-4-2-1-3-30-4)7(15,16)8(17,18)9(19,20)10(21,22)11(23,24)12(25,26)27/h4H,1-3H2. The molecule has 0 aromatic heterocycles. The van der Waals surface area contributed by atoms with Gasteiger partial charge in [0.25, 0.3) is 0 Å². The normalized spacial score (nSPS) is 20.4. The van der Waals surface area contributed by atoms with Crippen molar-refractivity contribution >= 4 is 17.7 Å². The van der Waals surface area contributed by atoms with Crippen LogP contribution in [-0.4, -0.2) is 58.9 Å². The van der Waals surface area contributed by atoms with E-state index in [9.17, 15) is 70.7 Å². The average Bonchev–Trinajstić information content (AvgIpc) is 3.05. The van der Waals surface area contributed by atoms with Gasteiger partial charge in [0.05, 0.1) is 0 Å². The molecule has 2 nitrogen and oxygen atoms in total. The molecular weight excluding hydrogens is 493 g/mol. The Balaban J connectivity index is 3.41. The largest absolute Gasteiger partial charge is 0.460 e. The first-order valence-corrected chi connectivity index (χ1v) is 8.21. The number of alkyl halides is 15. The molecule has 1 rings (SSSR count). The molecule has 0 amide bonds. The number of rotatable bonds is 7. The van der Waals surface area contributed by atoms with Crippen LogP contribution < -0.4 is 0 Å². The van der Waals surface area contributed by atoms with Gasteiger partial charge in [0.15, 0.2) is 0 Å². The highest BCUT2D eigenvalue weighted by molar-refractivity contribution is 8.00. The summed E-state index contributed by atoms with van der Waals surface area (Å²) in [6, 6.07) is 0. The second kappa shape index (κ2) is 7.43. The number of esters is 1. The summed E-state index contributed by atoms with van der Waals surface area (Å²) < 4.78 is 198. The first-order chi connectivity index (χ1) is 13.0. The van der Waals surface area contributed by atoms with Crippen molar-refractivity contribution in [2.24, 2.45) is 0 Å². The number of ether oxygens (including phenoxy) is 1. The van der Waals surface area contributed by atoms with Crippen LogP contribution in [0.2, 0.25) is 0 Å². The molecule has 1 saturated heterocycles. The van der Waals surface area contributed by atoms with Crippen molar-refractivity contribution in [1.82, 2.24) is 0 Å². The number of hydrogen-bond acceptors (Lipinski definition) is 3. The summed E-state index contributed by atoms with van der Waals surface area (Å²) in [6.45, 7) is 0. The maximum Gasteiger partial charge on any atom is 0.460 e. The molecule has 1 aliphatic rings. The van der Waals surface area contributed by atoms with E-state index < -0.39 is 53.1 Å². The van der Waals surface area contributed by atoms with Gasteiger partial charge in [-0.2, -0.15) is 65.9 Å². The average molecular weight is 500 g/mol. The molecule has 0 saturated carbocycles. The Morgan fingerprint density at radius 1 is 0.667 bits per heavy atom. The fourth-order valence-corrected chi connectivity index (χ4v) is 3.01. The van der Waals surface area contributed by atoms with Gasteiger partial charge in [-0.1, -0.05) is 0 Å². The minimum absolute atomic E-state index is 0.104. The lowest BCUT2D eigenvalue weighted by Crippen LogP contribution is -2.73. The van der Waals surface area contributed by atoms with E-state index in [4.69, 9.17) is 0 Å². The van der Waals surface area contributed by atoms with Crippen LogP contribution in [0.25, 0.3) is 0 Å². The maximum atomic E-state index is 13.5. The topological polar surface area (TPSA) is 26.3 Å². The molecule has 0 N–H and O–H groups in total. The van der Waals surface area contributed by atoms with Gasteiger partial charge < -0.3 is 4.74 Å². The van der Waals surface area contributed by atoms with Crippen LogP contribution in [0.15, 0.2) is 0 Å². The Morgan fingerprint density at radius 2 is 1.07 bits per heavy atom.